The van der Waals surface area contributed by atoms with Crippen molar-refractivity contribution in [2.75, 3.05) is 13.1 Å². The van der Waals surface area contributed by atoms with E-state index in [-0.39, 0.29) is 29.8 Å². The summed E-state index contributed by atoms with van der Waals surface area (Å²) in [6.07, 6.45) is 5.88. The van der Waals surface area contributed by atoms with Gasteiger partial charge in [0.1, 0.15) is 5.76 Å². The molecule has 33 heavy (non-hydrogen) atoms. The van der Waals surface area contributed by atoms with Crippen LogP contribution in [0.2, 0.25) is 0 Å². The molecule has 1 aliphatic rings. The highest BCUT2D eigenvalue weighted by atomic mass is 32.2. The van der Waals surface area contributed by atoms with Gasteiger partial charge in [-0.15, -0.1) is 0 Å². The van der Waals surface area contributed by atoms with Crippen LogP contribution in [0.25, 0.3) is 0 Å². The smallest absolute Gasteiger partial charge is 0.243 e. The highest BCUT2D eigenvalue weighted by Gasteiger charge is 2.34. The summed E-state index contributed by atoms with van der Waals surface area (Å²) in [5.41, 5.74) is 1.32. The minimum atomic E-state index is -3.67. The van der Waals surface area contributed by atoms with Gasteiger partial charge in [0.15, 0.2) is 0 Å². The summed E-state index contributed by atoms with van der Waals surface area (Å²) in [6, 6.07) is 15.2. The fourth-order valence-corrected chi connectivity index (χ4v) is 5.44. The van der Waals surface area contributed by atoms with E-state index in [9.17, 15) is 13.2 Å². The molecule has 1 aromatic carbocycles. The van der Waals surface area contributed by atoms with Gasteiger partial charge < -0.3 is 9.32 Å². The summed E-state index contributed by atoms with van der Waals surface area (Å²) in [6.45, 7) is 1.27. The zero-order valence-electron chi connectivity index (χ0n) is 18.0. The number of carbonyl (C=O) groups is 1. The van der Waals surface area contributed by atoms with Gasteiger partial charge in [-0.2, -0.15) is 9.57 Å². The van der Waals surface area contributed by atoms with Crippen molar-refractivity contribution in [3.05, 3.63) is 84.1 Å². The average molecular weight is 465 g/mol. The Morgan fingerprint density at radius 3 is 2.48 bits per heavy atom. The number of hydrogen-bond donors (Lipinski definition) is 0. The predicted octanol–water partition coefficient (Wildman–Crippen LogP) is 3.18. The highest BCUT2D eigenvalue weighted by Crippen LogP contribution is 2.26. The first kappa shape index (κ1) is 22.7. The van der Waals surface area contributed by atoms with Gasteiger partial charge in [0.25, 0.3) is 0 Å². The lowest BCUT2D eigenvalue weighted by Crippen LogP contribution is -2.44. The average Bonchev–Trinajstić information content (AvgIpc) is 3.37. The van der Waals surface area contributed by atoms with E-state index in [4.69, 9.17) is 9.68 Å². The third-order valence-corrected chi connectivity index (χ3v) is 7.67. The minimum absolute atomic E-state index is 0.0225. The highest BCUT2D eigenvalue weighted by molar-refractivity contribution is 7.89. The number of aromatic nitrogens is 1. The van der Waals surface area contributed by atoms with Crippen LogP contribution in [0.5, 0.6) is 0 Å². The molecule has 0 radical (unpaired) electrons. The summed E-state index contributed by atoms with van der Waals surface area (Å²) >= 11 is 0. The van der Waals surface area contributed by atoms with Crippen molar-refractivity contribution < 1.29 is 17.6 Å². The molecule has 0 atom stereocenters. The molecule has 9 heteroatoms. The molecular weight excluding hydrogens is 440 g/mol. The van der Waals surface area contributed by atoms with Crippen molar-refractivity contribution >= 4 is 15.9 Å². The van der Waals surface area contributed by atoms with Gasteiger partial charge in [-0.25, -0.2) is 8.42 Å². The standard InChI is InChI=1S/C24H24N4O4S/c25-15-19-5-7-23(8-6-19)33(30,31)28-12-9-21(10-13-28)24(29)27(18-22-4-2-14-32-22)17-20-3-1-11-26-16-20/h1-8,11,14,16,21H,9-10,12-13,17-18H2. The summed E-state index contributed by atoms with van der Waals surface area (Å²) in [7, 11) is -3.67. The van der Waals surface area contributed by atoms with Crippen molar-refractivity contribution in [3.8, 4) is 6.07 Å². The summed E-state index contributed by atoms with van der Waals surface area (Å²) in [4.78, 5) is 19.4. The fourth-order valence-electron chi connectivity index (χ4n) is 3.97. The Hall–Kier alpha value is -3.48. The molecule has 2 aromatic heterocycles. The Kier molecular flexibility index (Phi) is 6.87. The number of carbonyl (C=O) groups excluding carboxylic acids is 1. The van der Waals surface area contributed by atoms with Crippen molar-refractivity contribution in [2.45, 2.75) is 30.8 Å². The van der Waals surface area contributed by atoms with Crippen molar-refractivity contribution in [2.24, 2.45) is 5.92 Å². The maximum Gasteiger partial charge on any atom is 0.243 e. The number of nitriles is 1. The Labute approximate surface area is 193 Å². The zero-order valence-corrected chi connectivity index (χ0v) is 18.8. The molecule has 0 unspecified atom stereocenters. The lowest BCUT2D eigenvalue weighted by Gasteiger charge is -2.33. The van der Waals surface area contributed by atoms with Crippen molar-refractivity contribution in [3.63, 3.8) is 0 Å². The molecule has 1 amide bonds. The van der Waals surface area contributed by atoms with Crippen LogP contribution < -0.4 is 0 Å². The van der Waals surface area contributed by atoms with Gasteiger partial charge in [-0.1, -0.05) is 6.07 Å². The largest absolute Gasteiger partial charge is 0.467 e. The summed E-state index contributed by atoms with van der Waals surface area (Å²) < 4.78 is 32.8. The number of furan rings is 1. The molecule has 1 fully saturated rings. The molecule has 170 valence electrons. The van der Waals surface area contributed by atoms with Crippen LogP contribution in [0, 0.1) is 17.2 Å². The van der Waals surface area contributed by atoms with Gasteiger partial charge in [0.2, 0.25) is 15.9 Å². The molecule has 0 saturated carbocycles. The normalized spacial score (nSPS) is 15.1. The van der Waals surface area contributed by atoms with Gasteiger partial charge in [0.05, 0.1) is 29.3 Å². The van der Waals surface area contributed by atoms with Crippen LogP contribution >= 0.6 is 0 Å². The second-order valence-corrected chi connectivity index (χ2v) is 9.89. The van der Waals surface area contributed by atoms with Crippen LogP contribution in [0.4, 0.5) is 0 Å². The van der Waals surface area contributed by atoms with Crippen molar-refractivity contribution in [1.29, 1.82) is 5.26 Å². The first-order valence-electron chi connectivity index (χ1n) is 10.7. The Balaban J connectivity index is 1.44. The van der Waals surface area contributed by atoms with Crippen LogP contribution in [-0.2, 0) is 27.9 Å². The number of rotatable bonds is 7. The van der Waals surface area contributed by atoms with Crippen LogP contribution in [0.3, 0.4) is 0 Å². The molecule has 3 heterocycles. The minimum Gasteiger partial charge on any atom is -0.467 e. The van der Waals surface area contributed by atoms with E-state index in [1.54, 1.807) is 29.6 Å². The summed E-state index contributed by atoms with van der Waals surface area (Å²) in [5.74, 6) is 0.391. The number of pyridine rings is 1. The second-order valence-electron chi connectivity index (χ2n) is 7.95. The second kappa shape index (κ2) is 9.98. The topological polar surface area (TPSA) is 108 Å². The van der Waals surface area contributed by atoms with Crippen LogP contribution in [0.15, 0.2) is 76.5 Å². The quantitative estimate of drug-likeness (QED) is 0.531. The molecule has 1 aliphatic heterocycles. The number of hydrogen-bond acceptors (Lipinski definition) is 6. The van der Waals surface area contributed by atoms with Crippen LogP contribution in [0.1, 0.15) is 29.7 Å². The number of sulfonamides is 1. The molecule has 0 bridgehead atoms. The van der Waals surface area contributed by atoms with Gasteiger partial charge in [-0.05, 0) is 60.9 Å². The van der Waals surface area contributed by atoms with E-state index in [1.807, 2.05) is 24.3 Å². The lowest BCUT2D eigenvalue weighted by atomic mass is 9.96. The molecule has 1 saturated heterocycles. The van der Waals surface area contributed by atoms with Crippen molar-refractivity contribution in [1.82, 2.24) is 14.2 Å². The van der Waals surface area contributed by atoms with E-state index in [0.29, 0.717) is 37.3 Å². The maximum atomic E-state index is 13.4. The van der Waals surface area contributed by atoms with E-state index in [1.165, 1.54) is 28.6 Å². The Morgan fingerprint density at radius 1 is 1.12 bits per heavy atom. The molecule has 0 N–H and O–H groups in total. The molecule has 4 rings (SSSR count). The number of nitrogens with zero attached hydrogens (tertiary/aromatic N) is 4. The van der Waals surface area contributed by atoms with E-state index < -0.39 is 10.0 Å². The van der Waals surface area contributed by atoms with Gasteiger partial charge in [-0.3, -0.25) is 9.78 Å². The van der Waals surface area contributed by atoms with E-state index in [0.717, 1.165) is 5.56 Å². The van der Waals surface area contributed by atoms with Gasteiger partial charge >= 0.3 is 0 Å². The predicted molar refractivity (Wildman–Crippen MR) is 120 cm³/mol. The maximum absolute atomic E-state index is 13.4. The third kappa shape index (κ3) is 5.30. The van der Waals surface area contributed by atoms with Crippen LogP contribution in [-0.4, -0.2) is 41.6 Å². The molecule has 8 nitrogen and oxygen atoms in total. The van der Waals surface area contributed by atoms with E-state index >= 15 is 0 Å². The lowest BCUT2D eigenvalue weighted by molar-refractivity contribution is -0.138. The Morgan fingerprint density at radius 2 is 1.88 bits per heavy atom. The molecule has 0 aliphatic carbocycles. The third-order valence-electron chi connectivity index (χ3n) is 5.76. The molecule has 3 aromatic rings. The number of amides is 1. The molecule has 0 spiro atoms. The fraction of sp³-hybridized carbons (Fsp3) is 0.292. The Bertz CT molecular complexity index is 1210. The summed E-state index contributed by atoms with van der Waals surface area (Å²) in [5, 5.41) is 8.92. The van der Waals surface area contributed by atoms with E-state index in [2.05, 4.69) is 4.98 Å². The van der Waals surface area contributed by atoms with Gasteiger partial charge in [0, 0.05) is 37.9 Å². The molecular formula is C24H24N4O4S. The first-order valence-corrected chi connectivity index (χ1v) is 12.1. The SMILES string of the molecule is N#Cc1ccc(S(=O)(=O)N2CCC(C(=O)N(Cc3cccnc3)Cc3ccco3)CC2)cc1. The number of benzene rings is 1. The first-order chi connectivity index (χ1) is 16.0. The zero-order chi connectivity index (χ0) is 23.3. The monoisotopic (exact) mass is 464 g/mol. The number of piperidine rings is 1.